The third-order valence-corrected chi connectivity index (χ3v) is 15.4. The average molecular weight is 1150 g/mol. The van der Waals surface area contributed by atoms with Gasteiger partial charge in [0.25, 0.3) is 0 Å². The van der Waals surface area contributed by atoms with E-state index in [1.54, 1.807) is 6.08 Å². The zero-order chi connectivity index (χ0) is 59.1. The number of rotatable bonds is 60. The first-order valence-electron chi connectivity index (χ1n) is 33.4. The van der Waals surface area contributed by atoms with Gasteiger partial charge < -0.3 is 19.8 Å². The summed E-state index contributed by atoms with van der Waals surface area (Å²) in [5.74, 6) is -0.198. The Hall–Kier alpha value is -3.10. The van der Waals surface area contributed by atoms with E-state index in [4.69, 9.17) is 9.05 Å². The number of allylic oxidation sites excluding steroid dienone is 19. The fourth-order valence-electron chi connectivity index (χ4n) is 9.27. The second-order valence-electron chi connectivity index (χ2n) is 23.5. The molecule has 0 rings (SSSR count). The first-order chi connectivity index (χ1) is 39.5. The van der Waals surface area contributed by atoms with Crippen LogP contribution in [0, 0.1) is 0 Å². The summed E-state index contributed by atoms with van der Waals surface area (Å²) >= 11 is 0. The van der Waals surface area contributed by atoms with Crippen LogP contribution in [0.5, 0.6) is 0 Å². The highest BCUT2D eigenvalue weighted by Crippen LogP contribution is 2.43. The molecule has 3 atom stereocenters. The molecule has 0 spiro atoms. The van der Waals surface area contributed by atoms with Crippen LogP contribution in [0.3, 0.4) is 0 Å². The third kappa shape index (κ3) is 64.3. The van der Waals surface area contributed by atoms with Gasteiger partial charge >= 0.3 is 7.82 Å². The van der Waals surface area contributed by atoms with E-state index in [2.05, 4.69) is 129 Å². The Kier molecular flexibility index (Phi) is 59.1. The van der Waals surface area contributed by atoms with Crippen LogP contribution in [-0.2, 0) is 18.4 Å². The van der Waals surface area contributed by atoms with Crippen molar-refractivity contribution in [2.75, 3.05) is 40.9 Å². The molecule has 8 nitrogen and oxygen atoms in total. The van der Waals surface area contributed by atoms with Crippen molar-refractivity contribution in [3.05, 3.63) is 122 Å². The maximum absolute atomic E-state index is 13.0. The van der Waals surface area contributed by atoms with Gasteiger partial charge in [-0.15, -0.1) is 0 Å². The molecule has 0 saturated carbocycles. The predicted octanol–water partition coefficient (Wildman–Crippen LogP) is 21.3. The number of hydrogen-bond donors (Lipinski definition) is 3. The van der Waals surface area contributed by atoms with E-state index < -0.39 is 20.0 Å². The number of hydrogen-bond acceptors (Lipinski definition) is 5. The van der Waals surface area contributed by atoms with Gasteiger partial charge in [-0.05, 0) is 89.9 Å². The maximum Gasteiger partial charge on any atom is 0.472 e. The number of phosphoric acid groups is 1. The lowest BCUT2D eigenvalue weighted by Gasteiger charge is -2.25. The van der Waals surface area contributed by atoms with Gasteiger partial charge in [-0.1, -0.05) is 302 Å². The van der Waals surface area contributed by atoms with Crippen molar-refractivity contribution < 1.29 is 32.9 Å². The second kappa shape index (κ2) is 61.5. The van der Waals surface area contributed by atoms with E-state index in [0.717, 1.165) is 116 Å². The maximum atomic E-state index is 13.0. The topological polar surface area (TPSA) is 105 Å². The van der Waals surface area contributed by atoms with E-state index in [-0.39, 0.29) is 19.1 Å². The molecule has 3 N–H and O–H groups in total. The van der Waals surface area contributed by atoms with Crippen LogP contribution in [0.2, 0.25) is 0 Å². The van der Waals surface area contributed by atoms with Crippen LogP contribution < -0.4 is 5.32 Å². The Labute approximate surface area is 501 Å². The minimum absolute atomic E-state index is 0.0513. The highest BCUT2D eigenvalue weighted by atomic mass is 31.2. The average Bonchev–Trinajstić information content (AvgIpc) is 3.43. The summed E-state index contributed by atoms with van der Waals surface area (Å²) in [6, 6.07) is -0.868. The van der Waals surface area contributed by atoms with Crippen molar-refractivity contribution in [2.24, 2.45) is 0 Å². The van der Waals surface area contributed by atoms with Crippen LogP contribution in [0.4, 0.5) is 0 Å². The number of aliphatic hydroxyl groups excluding tert-OH is 1. The summed E-state index contributed by atoms with van der Waals surface area (Å²) in [4.78, 5) is 23.4. The van der Waals surface area contributed by atoms with Gasteiger partial charge in [-0.2, -0.15) is 0 Å². The molecular weight excluding hydrogens is 1020 g/mol. The summed E-state index contributed by atoms with van der Waals surface area (Å²) in [7, 11) is 1.55. The molecule has 0 saturated heterocycles. The van der Waals surface area contributed by atoms with Crippen molar-refractivity contribution in [2.45, 2.75) is 289 Å². The molecule has 0 aromatic carbocycles. The van der Waals surface area contributed by atoms with Gasteiger partial charge in [-0.25, -0.2) is 4.57 Å². The Morgan fingerprint density at radius 3 is 1.09 bits per heavy atom. The lowest BCUT2D eigenvalue weighted by molar-refractivity contribution is -0.870. The number of nitrogens with one attached hydrogen (secondary N) is 1. The molecule has 0 aliphatic carbocycles. The number of unbranched alkanes of at least 4 members (excludes halogenated alkanes) is 29. The first kappa shape index (κ1) is 77.9. The van der Waals surface area contributed by atoms with Crippen molar-refractivity contribution in [1.82, 2.24) is 5.32 Å². The minimum atomic E-state index is -4.37. The molecule has 3 unspecified atom stereocenters. The number of likely N-dealkylation sites (N-methyl/N-ethyl adjacent to an activating group) is 1. The van der Waals surface area contributed by atoms with Crippen LogP contribution in [0.25, 0.3) is 0 Å². The van der Waals surface area contributed by atoms with Gasteiger partial charge in [0.2, 0.25) is 5.91 Å². The fraction of sp³-hybridized carbons (Fsp3) is 0.708. The monoisotopic (exact) mass is 1150 g/mol. The molecule has 0 aliphatic heterocycles. The number of quaternary nitrogens is 1. The number of nitrogens with zero attached hydrogens (tertiary/aromatic N) is 1. The van der Waals surface area contributed by atoms with Crippen LogP contribution >= 0.6 is 7.82 Å². The Bertz CT molecular complexity index is 1730. The number of phosphoric ester groups is 1. The van der Waals surface area contributed by atoms with Crippen LogP contribution in [-0.4, -0.2) is 73.4 Å². The van der Waals surface area contributed by atoms with Crippen molar-refractivity contribution >= 4 is 13.7 Å². The molecule has 1 amide bonds. The molecule has 81 heavy (non-hydrogen) atoms. The van der Waals surface area contributed by atoms with Gasteiger partial charge in [0.05, 0.1) is 39.9 Å². The molecule has 0 bridgehead atoms. The molecule has 0 aliphatic rings. The number of amides is 1. The van der Waals surface area contributed by atoms with Gasteiger partial charge in [0.1, 0.15) is 13.2 Å². The third-order valence-electron chi connectivity index (χ3n) is 14.4. The zero-order valence-corrected chi connectivity index (χ0v) is 54.1. The molecule has 0 radical (unpaired) electrons. The summed E-state index contributed by atoms with van der Waals surface area (Å²) in [5.41, 5.74) is 0. The van der Waals surface area contributed by atoms with Crippen LogP contribution in [0.15, 0.2) is 122 Å². The van der Waals surface area contributed by atoms with Crippen molar-refractivity contribution in [3.63, 3.8) is 0 Å². The summed E-state index contributed by atoms with van der Waals surface area (Å²) < 4.78 is 23.8. The Morgan fingerprint density at radius 1 is 0.432 bits per heavy atom. The molecule has 0 aromatic rings. The fourth-order valence-corrected chi connectivity index (χ4v) is 10.0. The van der Waals surface area contributed by atoms with E-state index in [1.807, 2.05) is 27.2 Å². The Morgan fingerprint density at radius 2 is 0.741 bits per heavy atom. The van der Waals surface area contributed by atoms with Crippen molar-refractivity contribution in [3.8, 4) is 0 Å². The van der Waals surface area contributed by atoms with E-state index in [1.165, 1.54) is 141 Å². The number of carbonyl (C=O) groups excluding carboxylic acids is 1. The quantitative estimate of drug-likeness (QED) is 0.0243. The van der Waals surface area contributed by atoms with Gasteiger partial charge in [-0.3, -0.25) is 13.8 Å². The molecule has 0 fully saturated rings. The highest BCUT2D eigenvalue weighted by Gasteiger charge is 2.28. The summed E-state index contributed by atoms with van der Waals surface area (Å²) in [6.07, 6.45) is 91.8. The lowest BCUT2D eigenvalue weighted by Crippen LogP contribution is -2.45. The second-order valence-corrected chi connectivity index (χ2v) is 24.9. The standard InChI is InChI=1S/C72H127N2O6P/c1-6-8-10-12-14-16-18-20-22-24-26-28-30-32-34-35-36-37-38-39-40-42-44-46-48-50-52-54-56-58-60-62-64-66-72(76)73-70(69-80-81(77,78)79-68-67-74(3,4)5)71(75)65-63-61-59-57-55-53-51-49-47-45-43-41-33-31-29-27-25-23-21-19-17-15-13-11-9-7-2/h8,10,14,16,20,22,26,28,32,34,36-37,39-40,44,46,50,52,63,65,70-71,75H,6-7,9,11-13,15,17-19,21,23-25,27,29-31,33,35,38,41-43,45,47-49,51,53-62,64,66-69H2,1-5H3,(H-,73,76,77,78)/p+1/b10-8-,16-14-,22-20-,28-26-,34-32-,37-36-,40-39-,46-44-,52-50-,65-63+. The van der Waals surface area contributed by atoms with Gasteiger partial charge in [0.15, 0.2) is 0 Å². The highest BCUT2D eigenvalue weighted by molar-refractivity contribution is 7.47. The normalized spacial score (nSPS) is 14.5. The SMILES string of the molecule is CC/C=C\C/C=C\C/C=C\C/C=C\C/C=C\C/C=C\C/C=C\C/C=C\C/C=C\CCCCCCCC(=O)NC(COP(=O)(O)OCC[N+](C)(C)C)C(O)/C=C/CCCCCCCCCCCCCCCCCCCCCCCCCC. The lowest BCUT2D eigenvalue weighted by atomic mass is 10.0. The minimum Gasteiger partial charge on any atom is -0.387 e. The van der Waals surface area contributed by atoms with Gasteiger partial charge in [0, 0.05) is 6.42 Å². The first-order valence-corrected chi connectivity index (χ1v) is 34.9. The predicted molar refractivity (Wildman–Crippen MR) is 355 cm³/mol. The molecule has 9 heteroatoms. The number of aliphatic hydroxyl groups is 1. The summed E-state index contributed by atoms with van der Waals surface area (Å²) in [5, 5.41) is 14.0. The van der Waals surface area contributed by atoms with Crippen LogP contribution in [0.1, 0.15) is 277 Å². The molecule has 0 aromatic heterocycles. The zero-order valence-electron chi connectivity index (χ0n) is 53.2. The van der Waals surface area contributed by atoms with E-state index in [0.29, 0.717) is 17.4 Å². The smallest absolute Gasteiger partial charge is 0.387 e. The summed E-state index contributed by atoms with van der Waals surface area (Å²) in [6.45, 7) is 4.70. The molecular formula is C72H128N2O6P+. The number of carbonyl (C=O) groups is 1. The Balaban J connectivity index is 4.22. The van der Waals surface area contributed by atoms with E-state index >= 15 is 0 Å². The van der Waals surface area contributed by atoms with E-state index in [9.17, 15) is 19.4 Å². The van der Waals surface area contributed by atoms with Crippen molar-refractivity contribution in [1.29, 1.82) is 0 Å². The molecule has 0 heterocycles. The molecule has 466 valence electrons. The largest absolute Gasteiger partial charge is 0.472 e.